The standard InChI is InChI=1S/C18H11Cl2N3O3S/c19-12-5-6-14(15(20)9-12)16-10-27-18(21-16)22-17(24)7-4-11-2-1-3-13(8-11)23(25)26/h1-10H,(H,21,22,24)/b7-4+. The van der Waals surface area contributed by atoms with Gasteiger partial charge in [-0.25, -0.2) is 4.98 Å². The number of hydrogen-bond donors (Lipinski definition) is 1. The molecule has 0 saturated carbocycles. The predicted octanol–water partition coefficient (Wildman–Crippen LogP) is 5.68. The van der Waals surface area contributed by atoms with Gasteiger partial charge in [0.25, 0.3) is 5.69 Å². The molecular formula is C18H11Cl2N3O3S. The zero-order chi connectivity index (χ0) is 19.4. The molecule has 0 aliphatic carbocycles. The van der Waals surface area contributed by atoms with E-state index in [2.05, 4.69) is 10.3 Å². The highest BCUT2D eigenvalue weighted by molar-refractivity contribution is 7.14. The van der Waals surface area contributed by atoms with E-state index in [0.29, 0.717) is 32.0 Å². The number of anilines is 1. The van der Waals surface area contributed by atoms with E-state index in [4.69, 9.17) is 23.2 Å². The molecule has 9 heteroatoms. The van der Waals surface area contributed by atoms with E-state index < -0.39 is 10.8 Å². The maximum atomic E-state index is 12.1. The lowest BCUT2D eigenvalue weighted by atomic mass is 10.2. The lowest BCUT2D eigenvalue weighted by Crippen LogP contribution is -2.07. The number of nitro benzene ring substituents is 1. The van der Waals surface area contributed by atoms with E-state index in [1.165, 1.54) is 35.6 Å². The van der Waals surface area contributed by atoms with Gasteiger partial charge in [0, 0.05) is 34.2 Å². The Bertz CT molecular complexity index is 1050. The van der Waals surface area contributed by atoms with Crippen LogP contribution >= 0.6 is 34.5 Å². The first-order valence-corrected chi connectivity index (χ1v) is 9.20. The highest BCUT2D eigenvalue weighted by atomic mass is 35.5. The van der Waals surface area contributed by atoms with Crippen molar-refractivity contribution in [2.75, 3.05) is 5.32 Å². The van der Waals surface area contributed by atoms with Gasteiger partial charge in [-0.3, -0.25) is 20.2 Å². The first kappa shape index (κ1) is 19.0. The van der Waals surface area contributed by atoms with E-state index in [9.17, 15) is 14.9 Å². The number of hydrogen-bond acceptors (Lipinski definition) is 5. The number of non-ortho nitro benzene ring substituents is 1. The maximum Gasteiger partial charge on any atom is 0.270 e. The number of rotatable bonds is 5. The third kappa shape index (κ3) is 4.91. The first-order valence-electron chi connectivity index (χ1n) is 7.57. The van der Waals surface area contributed by atoms with Crippen molar-refractivity contribution in [1.29, 1.82) is 0 Å². The molecule has 27 heavy (non-hydrogen) atoms. The van der Waals surface area contributed by atoms with Crippen LogP contribution in [0.25, 0.3) is 17.3 Å². The fourth-order valence-electron chi connectivity index (χ4n) is 2.21. The van der Waals surface area contributed by atoms with Gasteiger partial charge in [0.05, 0.1) is 15.6 Å². The van der Waals surface area contributed by atoms with Gasteiger partial charge < -0.3 is 0 Å². The summed E-state index contributed by atoms with van der Waals surface area (Å²) in [5, 5.41) is 16.6. The fraction of sp³-hybridized carbons (Fsp3) is 0. The van der Waals surface area contributed by atoms with Crippen LogP contribution in [0.1, 0.15) is 5.56 Å². The third-order valence-electron chi connectivity index (χ3n) is 3.45. The molecular weight excluding hydrogens is 409 g/mol. The molecule has 2 aromatic carbocycles. The minimum Gasteiger partial charge on any atom is -0.298 e. The van der Waals surface area contributed by atoms with Gasteiger partial charge in [-0.2, -0.15) is 0 Å². The Balaban J connectivity index is 1.69. The van der Waals surface area contributed by atoms with Gasteiger partial charge >= 0.3 is 0 Å². The molecule has 3 rings (SSSR count). The molecule has 0 fully saturated rings. The number of nitrogens with one attached hydrogen (secondary N) is 1. The number of amides is 1. The van der Waals surface area contributed by atoms with Crippen LogP contribution in [0.4, 0.5) is 10.8 Å². The van der Waals surface area contributed by atoms with E-state index >= 15 is 0 Å². The van der Waals surface area contributed by atoms with Crippen LogP contribution in [0.3, 0.4) is 0 Å². The van der Waals surface area contributed by atoms with Crippen LogP contribution in [0.15, 0.2) is 53.9 Å². The second-order valence-electron chi connectivity index (χ2n) is 5.34. The molecule has 0 aliphatic heterocycles. The van der Waals surface area contributed by atoms with Crippen molar-refractivity contribution in [3.05, 3.63) is 79.6 Å². The van der Waals surface area contributed by atoms with Crippen LogP contribution in [-0.2, 0) is 4.79 Å². The number of carbonyl (C=O) groups excluding carboxylic acids is 1. The molecule has 0 atom stereocenters. The molecule has 0 unspecified atom stereocenters. The summed E-state index contributed by atoms with van der Waals surface area (Å²) < 4.78 is 0. The minimum atomic E-state index is -0.490. The summed E-state index contributed by atoms with van der Waals surface area (Å²) in [5.74, 6) is -0.399. The number of benzene rings is 2. The van der Waals surface area contributed by atoms with Gasteiger partial charge in [0.15, 0.2) is 5.13 Å². The molecule has 136 valence electrons. The Hall–Kier alpha value is -2.74. The van der Waals surface area contributed by atoms with Gasteiger partial charge in [0.2, 0.25) is 5.91 Å². The lowest BCUT2D eigenvalue weighted by molar-refractivity contribution is -0.384. The summed E-state index contributed by atoms with van der Waals surface area (Å²) in [6.45, 7) is 0. The van der Waals surface area contributed by atoms with Crippen molar-refractivity contribution in [2.45, 2.75) is 0 Å². The average Bonchev–Trinajstić information content (AvgIpc) is 3.08. The summed E-state index contributed by atoms with van der Waals surface area (Å²) >= 11 is 13.3. The van der Waals surface area contributed by atoms with Crippen molar-refractivity contribution in [3.63, 3.8) is 0 Å². The number of thiazole rings is 1. The topological polar surface area (TPSA) is 85.1 Å². The normalized spacial score (nSPS) is 10.9. The number of nitro groups is 1. The third-order valence-corrected chi connectivity index (χ3v) is 4.76. The number of halogens is 2. The SMILES string of the molecule is O=C(/C=C/c1cccc([N+](=O)[O-])c1)Nc1nc(-c2ccc(Cl)cc2Cl)cs1. The lowest BCUT2D eigenvalue weighted by Gasteiger charge is -2.01. The number of aromatic nitrogens is 1. The van der Waals surface area contributed by atoms with Crippen LogP contribution in [0.2, 0.25) is 10.0 Å². The van der Waals surface area contributed by atoms with Crippen molar-refractivity contribution < 1.29 is 9.72 Å². The monoisotopic (exact) mass is 419 g/mol. The van der Waals surface area contributed by atoms with Crippen molar-refractivity contribution in [1.82, 2.24) is 4.98 Å². The highest BCUT2D eigenvalue weighted by Gasteiger charge is 2.10. The van der Waals surface area contributed by atoms with E-state index in [1.807, 2.05) is 0 Å². The molecule has 0 saturated heterocycles. The van der Waals surface area contributed by atoms with Crippen LogP contribution in [0.5, 0.6) is 0 Å². The fourth-order valence-corrected chi connectivity index (χ4v) is 3.43. The van der Waals surface area contributed by atoms with Crippen LogP contribution in [0, 0.1) is 10.1 Å². The average molecular weight is 420 g/mol. The second kappa shape index (κ2) is 8.30. The van der Waals surface area contributed by atoms with E-state index in [1.54, 1.807) is 35.7 Å². The van der Waals surface area contributed by atoms with Gasteiger partial charge in [-0.1, -0.05) is 35.3 Å². The molecule has 1 N–H and O–H groups in total. The van der Waals surface area contributed by atoms with Crippen LogP contribution in [-0.4, -0.2) is 15.8 Å². The van der Waals surface area contributed by atoms with E-state index in [0.717, 1.165) is 0 Å². The van der Waals surface area contributed by atoms with Gasteiger partial charge in [0.1, 0.15) is 0 Å². The summed E-state index contributed by atoms with van der Waals surface area (Å²) in [6, 6.07) is 11.1. The molecule has 1 aromatic heterocycles. The Labute approximate surface area is 168 Å². The number of carbonyl (C=O) groups is 1. The van der Waals surface area contributed by atoms with Crippen molar-refractivity contribution in [3.8, 4) is 11.3 Å². The summed E-state index contributed by atoms with van der Waals surface area (Å²) in [4.78, 5) is 26.7. The molecule has 0 radical (unpaired) electrons. The molecule has 1 amide bonds. The van der Waals surface area contributed by atoms with Crippen molar-refractivity contribution >= 4 is 57.3 Å². The number of nitrogens with zero attached hydrogens (tertiary/aromatic N) is 2. The largest absolute Gasteiger partial charge is 0.298 e. The molecule has 6 nitrogen and oxygen atoms in total. The summed E-state index contributed by atoms with van der Waals surface area (Å²) in [5.41, 5.74) is 1.85. The first-order chi connectivity index (χ1) is 12.9. The zero-order valence-electron chi connectivity index (χ0n) is 13.6. The second-order valence-corrected chi connectivity index (χ2v) is 7.04. The Morgan fingerprint density at radius 1 is 1.22 bits per heavy atom. The molecule has 0 bridgehead atoms. The Morgan fingerprint density at radius 3 is 2.78 bits per heavy atom. The predicted molar refractivity (Wildman–Crippen MR) is 108 cm³/mol. The summed E-state index contributed by atoms with van der Waals surface area (Å²) in [6.07, 6.45) is 2.78. The van der Waals surface area contributed by atoms with Crippen LogP contribution < -0.4 is 5.32 Å². The maximum absolute atomic E-state index is 12.1. The molecule has 0 spiro atoms. The Morgan fingerprint density at radius 2 is 2.04 bits per heavy atom. The van der Waals surface area contributed by atoms with Gasteiger partial charge in [-0.15, -0.1) is 11.3 Å². The van der Waals surface area contributed by atoms with Crippen molar-refractivity contribution in [2.24, 2.45) is 0 Å². The summed E-state index contributed by atoms with van der Waals surface area (Å²) in [7, 11) is 0. The zero-order valence-corrected chi connectivity index (χ0v) is 15.9. The quantitative estimate of drug-likeness (QED) is 0.327. The smallest absolute Gasteiger partial charge is 0.270 e. The minimum absolute atomic E-state index is 0.0398. The van der Waals surface area contributed by atoms with E-state index in [-0.39, 0.29) is 5.69 Å². The molecule has 0 aliphatic rings. The molecule has 3 aromatic rings. The molecule has 1 heterocycles. The van der Waals surface area contributed by atoms with Gasteiger partial charge in [-0.05, 0) is 29.8 Å². The Kier molecular flexibility index (Phi) is 5.85. The highest BCUT2D eigenvalue weighted by Crippen LogP contribution is 2.32.